The maximum absolute atomic E-state index is 10.1. The summed E-state index contributed by atoms with van der Waals surface area (Å²) in [4.78, 5) is 10.1. The van der Waals surface area contributed by atoms with Crippen molar-refractivity contribution in [2.24, 2.45) is 0 Å². The molecule has 1 rings (SSSR count). The maximum Gasteiger partial charge on any atom is 0.328 e. The van der Waals surface area contributed by atoms with Crippen molar-refractivity contribution in [2.45, 2.75) is 6.92 Å². The molecule has 0 aromatic heterocycles. The van der Waals surface area contributed by atoms with E-state index in [9.17, 15) is 4.79 Å². The van der Waals surface area contributed by atoms with Gasteiger partial charge in [-0.15, -0.1) is 0 Å². The van der Waals surface area contributed by atoms with Crippen LogP contribution in [-0.4, -0.2) is 17.6 Å². The van der Waals surface area contributed by atoms with E-state index in [0.717, 1.165) is 11.8 Å². The standard InChI is InChI=1S/C11H13NO2/c1-9-4-6-10(7-5-9)12-8-2-3-11(13)14/h2-7,12H,8H2,1H3,(H,13,14)/b3-2+. The van der Waals surface area contributed by atoms with E-state index < -0.39 is 5.97 Å². The van der Waals surface area contributed by atoms with Crippen LogP contribution in [-0.2, 0) is 4.79 Å². The molecule has 3 heteroatoms. The van der Waals surface area contributed by atoms with Crippen LogP contribution in [0.15, 0.2) is 36.4 Å². The van der Waals surface area contributed by atoms with E-state index in [-0.39, 0.29) is 0 Å². The second-order valence-corrected chi connectivity index (χ2v) is 2.99. The second-order valence-electron chi connectivity index (χ2n) is 2.99. The molecule has 74 valence electrons. The Morgan fingerprint density at radius 2 is 2.07 bits per heavy atom. The Bertz CT molecular complexity index is 328. The zero-order valence-electron chi connectivity index (χ0n) is 8.03. The van der Waals surface area contributed by atoms with Gasteiger partial charge in [-0.1, -0.05) is 23.8 Å². The molecular formula is C11H13NO2. The van der Waals surface area contributed by atoms with Crippen molar-refractivity contribution in [1.29, 1.82) is 0 Å². The number of anilines is 1. The van der Waals surface area contributed by atoms with Gasteiger partial charge in [0.15, 0.2) is 0 Å². The van der Waals surface area contributed by atoms with E-state index in [4.69, 9.17) is 5.11 Å². The van der Waals surface area contributed by atoms with Gasteiger partial charge in [0, 0.05) is 18.3 Å². The Morgan fingerprint density at radius 1 is 1.43 bits per heavy atom. The molecule has 0 aliphatic carbocycles. The molecule has 0 bridgehead atoms. The number of hydrogen-bond acceptors (Lipinski definition) is 2. The van der Waals surface area contributed by atoms with Crippen molar-refractivity contribution >= 4 is 11.7 Å². The van der Waals surface area contributed by atoms with Crippen LogP contribution in [0.5, 0.6) is 0 Å². The third-order valence-corrected chi connectivity index (χ3v) is 1.74. The number of hydrogen-bond donors (Lipinski definition) is 2. The number of benzene rings is 1. The Kier molecular flexibility index (Phi) is 3.73. The lowest BCUT2D eigenvalue weighted by Gasteiger charge is -2.02. The number of carboxylic acids is 1. The number of aryl methyl sites for hydroxylation is 1. The lowest BCUT2D eigenvalue weighted by Crippen LogP contribution is -1.99. The van der Waals surface area contributed by atoms with Crippen molar-refractivity contribution in [1.82, 2.24) is 0 Å². The van der Waals surface area contributed by atoms with Gasteiger partial charge in [-0.25, -0.2) is 4.79 Å². The van der Waals surface area contributed by atoms with Crippen molar-refractivity contribution in [3.8, 4) is 0 Å². The van der Waals surface area contributed by atoms with Gasteiger partial charge in [0.1, 0.15) is 0 Å². The molecule has 0 aliphatic rings. The summed E-state index contributed by atoms with van der Waals surface area (Å²) in [7, 11) is 0. The minimum atomic E-state index is -0.921. The highest BCUT2D eigenvalue weighted by Crippen LogP contribution is 2.07. The van der Waals surface area contributed by atoms with E-state index in [1.54, 1.807) is 6.08 Å². The van der Waals surface area contributed by atoms with Gasteiger partial charge in [0.2, 0.25) is 0 Å². The number of aliphatic carboxylic acids is 1. The average Bonchev–Trinajstić information content (AvgIpc) is 2.15. The van der Waals surface area contributed by atoms with Crippen LogP contribution in [0.2, 0.25) is 0 Å². The van der Waals surface area contributed by atoms with Gasteiger partial charge in [-0.3, -0.25) is 0 Å². The molecule has 14 heavy (non-hydrogen) atoms. The zero-order chi connectivity index (χ0) is 10.4. The fraction of sp³-hybridized carbons (Fsp3) is 0.182. The Hall–Kier alpha value is -1.77. The quantitative estimate of drug-likeness (QED) is 0.716. The SMILES string of the molecule is Cc1ccc(NC/C=C/C(=O)O)cc1. The Morgan fingerprint density at radius 3 is 2.64 bits per heavy atom. The van der Waals surface area contributed by atoms with E-state index in [2.05, 4.69) is 5.32 Å². The van der Waals surface area contributed by atoms with Crippen molar-refractivity contribution < 1.29 is 9.90 Å². The molecule has 0 fully saturated rings. The largest absolute Gasteiger partial charge is 0.478 e. The van der Waals surface area contributed by atoms with Gasteiger partial charge >= 0.3 is 5.97 Å². The summed E-state index contributed by atoms with van der Waals surface area (Å²) in [6, 6.07) is 7.93. The van der Waals surface area contributed by atoms with Gasteiger partial charge in [-0.05, 0) is 19.1 Å². The minimum absolute atomic E-state index is 0.523. The first-order valence-electron chi connectivity index (χ1n) is 4.38. The predicted octanol–water partition coefficient (Wildman–Crippen LogP) is 2.05. The topological polar surface area (TPSA) is 49.3 Å². The monoisotopic (exact) mass is 191 g/mol. The fourth-order valence-corrected chi connectivity index (χ4v) is 1.01. The molecule has 0 amide bonds. The molecule has 0 atom stereocenters. The maximum atomic E-state index is 10.1. The molecule has 2 N–H and O–H groups in total. The first kappa shape index (κ1) is 10.3. The smallest absolute Gasteiger partial charge is 0.328 e. The van der Waals surface area contributed by atoms with Gasteiger partial charge < -0.3 is 10.4 Å². The summed E-state index contributed by atoms with van der Waals surface area (Å²) in [5, 5.41) is 11.4. The van der Waals surface area contributed by atoms with Crippen molar-refractivity contribution in [3.05, 3.63) is 42.0 Å². The van der Waals surface area contributed by atoms with Crippen molar-refractivity contribution in [2.75, 3.05) is 11.9 Å². The Labute approximate surface area is 83.1 Å². The second kappa shape index (κ2) is 5.07. The fourth-order valence-electron chi connectivity index (χ4n) is 1.01. The molecule has 0 radical (unpaired) electrons. The summed E-state index contributed by atoms with van der Waals surface area (Å²) >= 11 is 0. The minimum Gasteiger partial charge on any atom is -0.478 e. The van der Waals surface area contributed by atoms with Crippen LogP contribution in [0.3, 0.4) is 0 Å². The molecule has 1 aromatic carbocycles. The number of nitrogens with one attached hydrogen (secondary N) is 1. The van der Waals surface area contributed by atoms with E-state index in [0.29, 0.717) is 6.54 Å². The molecule has 0 unspecified atom stereocenters. The average molecular weight is 191 g/mol. The molecule has 3 nitrogen and oxygen atoms in total. The van der Waals surface area contributed by atoms with E-state index >= 15 is 0 Å². The van der Waals surface area contributed by atoms with Crippen LogP contribution >= 0.6 is 0 Å². The van der Waals surface area contributed by atoms with Crippen LogP contribution in [0.4, 0.5) is 5.69 Å². The number of carbonyl (C=O) groups is 1. The first-order chi connectivity index (χ1) is 6.68. The molecule has 1 aromatic rings. The summed E-state index contributed by atoms with van der Waals surface area (Å²) in [6.07, 6.45) is 2.70. The zero-order valence-corrected chi connectivity index (χ0v) is 8.03. The van der Waals surface area contributed by atoms with Crippen LogP contribution < -0.4 is 5.32 Å². The highest BCUT2D eigenvalue weighted by molar-refractivity contribution is 5.79. The number of rotatable bonds is 4. The number of carboxylic acid groups (broad SMARTS) is 1. The van der Waals surface area contributed by atoms with Crippen LogP contribution in [0.1, 0.15) is 5.56 Å². The van der Waals surface area contributed by atoms with E-state index in [1.165, 1.54) is 5.56 Å². The van der Waals surface area contributed by atoms with Crippen LogP contribution in [0.25, 0.3) is 0 Å². The summed E-state index contributed by atoms with van der Waals surface area (Å²) in [5.74, 6) is -0.921. The predicted molar refractivity (Wildman–Crippen MR) is 56.4 cm³/mol. The normalized spacial score (nSPS) is 10.4. The van der Waals surface area contributed by atoms with Crippen LogP contribution in [0, 0.1) is 6.92 Å². The highest BCUT2D eigenvalue weighted by atomic mass is 16.4. The molecule has 0 saturated carbocycles. The lowest BCUT2D eigenvalue weighted by molar-refractivity contribution is -0.131. The molecular weight excluding hydrogens is 178 g/mol. The van der Waals surface area contributed by atoms with Gasteiger partial charge in [-0.2, -0.15) is 0 Å². The summed E-state index contributed by atoms with van der Waals surface area (Å²) in [5.41, 5.74) is 2.20. The molecule has 0 heterocycles. The summed E-state index contributed by atoms with van der Waals surface area (Å²) < 4.78 is 0. The summed E-state index contributed by atoms with van der Waals surface area (Å²) in [6.45, 7) is 2.55. The van der Waals surface area contributed by atoms with E-state index in [1.807, 2.05) is 31.2 Å². The molecule has 0 aliphatic heterocycles. The molecule has 0 saturated heterocycles. The third kappa shape index (κ3) is 3.76. The van der Waals surface area contributed by atoms with Gasteiger partial charge in [0.25, 0.3) is 0 Å². The Balaban J connectivity index is 2.39. The van der Waals surface area contributed by atoms with Gasteiger partial charge in [0.05, 0.1) is 0 Å². The molecule has 0 spiro atoms. The highest BCUT2D eigenvalue weighted by Gasteiger charge is 1.89. The first-order valence-corrected chi connectivity index (χ1v) is 4.38. The lowest BCUT2D eigenvalue weighted by atomic mass is 10.2. The van der Waals surface area contributed by atoms with Crippen molar-refractivity contribution in [3.63, 3.8) is 0 Å². The third-order valence-electron chi connectivity index (χ3n) is 1.74.